The van der Waals surface area contributed by atoms with E-state index in [1.54, 1.807) is 0 Å². The van der Waals surface area contributed by atoms with E-state index < -0.39 is 0 Å². The van der Waals surface area contributed by atoms with E-state index in [2.05, 4.69) is 22.0 Å². The Hall–Kier alpha value is -0.610. The van der Waals surface area contributed by atoms with Crippen molar-refractivity contribution in [2.75, 3.05) is 33.2 Å². The van der Waals surface area contributed by atoms with Crippen LogP contribution in [0.1, 0.15) is 45.4 Å². The Balaban J connectivity index is 1.93. The van der Waals surface area contributed by atoms with Crippen LogP contribution in [-0.4, -0.2) is 61.0 Å². The predicted octanol–water partition coefficient (Wildman–Crippen LogP) is 1.46. The zero-order valence-electron chi connectivity index (χ0n) is 12.5. The molecule has 2 aliphatic heterocycles. The van der Waals surface area contributed by atoms with Crippen LogP contribution in [-0.2, 0) is 4.79 Å². The lowest BCUT2D eigenvalue weighted by atomic mass is 10.1. The zero-order valence-corrected chi connectivity index (χ0v) is 12.5. The first-order valence-corrected chi connectivity index (χ1v) is 7.93. The van der Waals surface area contributed by atoms with Gasteiger partial charge in [-0.25, -0.2) is 0 Å². The molecular weight excluding hydrogens is 238 g/mol. The molecule has 110 valence electrons. The smallest absolute Gasteiger partial charge is 0.239 e. The highest BCUT2D eigenvalue weighted by Crippen LogP contribution is 2.21. The molecule has 2 unspecified atom stereocenters. The number of nitrogens with zero attached hydrogens (tertiary/aromatic N) is 2. The lowest BCUT2D eigenvalue weighted by Gasteiger charge is -2.33. The molecule has 0 spiro atoms. The molecule has 2 atom stereocenters. The van der Waals surface area contributed by atoms with Gasteiger partial charge < -0.3 is 10.2 Å². The van der Waals surface area contributed by atoms with Crippen LogP contribution in [0.4, 0.5) is 0 Å². The Kier molecular flexibility index (Phi) is 5.64. The number of hydrogen-bond acceptors (Lipinski definition) is 3. The van der Waals surface area contributed by atoms with Gasteiger partial charge in [0.25, 0.3) is 0 Å². The van der Waals surface area contributed by atoms with Gasteiger partial charge in [-0.3, -0.25) is 9.69 Å². The summed E-state index contributed by atoms with van der Waals surface area (Å²) in [6.07, 6.45) is 7.37. The highest BCUT2D eigenvalue weighted by Gasteiger charge is 2.33. The normalized spacial score (nSPS) is 27.3. The number of rotatable bonds is 4. The van der Waals surface area contributed by atoms with Crippen molar-refractivity contribution in [3.63, 3.8) is 0 Å². The summed E-state index contributed by atoms with van der Waals surface area (Å²) < 4.78 is 0. The fourth-order valence-corrected chi connectivity index (χ4v) is 3.52. The number of likely N-dealkylation sites (tertiary alicyclic amines) is 2. The van der Waals surface area contributed by atoms with E-state index in [0.29, 0.717) is 11.9 Å². The highest BCUT2D eigenvalue weighted by atomic mass is 16.2. The lowest BCUT2D eigenvalue weighted by Crippen LogP contribution is -2.51. The van der Waals surface area contributed by atoms with Crippen molar-refractivity contribution in [2.24, 2.45) is 0 Å². The maximum Gasteiger partial charge on any atom is 0.239 e. The Labute approximate surface area is 117 Å². The molecule has 2 aliphatic rings. The van der Waals surface area contributed by atoms with E-state index in [-0.39, 0.29) is 6.04 Å². The van der Waals surface area contributed by atoms with Gasteiger partial charge in [0.1, 0.15) is 0 Å². The Bertz CT molecular complexity index is 287. The van der Waals surface area contributed by atoms with Crippen LogP contribution < -0.4 is 5.32 Å². The molecule has 1 N–H and O–H groups in total. The molecule has 1 amide bonds. The summed E-state index contributed by atoms with van der Waals surface area (Å²) in [5, 5.41) is 3.26. The van der Waals surface area contributed by atoms with Crippen LogP contribution in [0.15, 0.2) is 0 Å². The molecule has 19 heavy (non-hydrogen) atoms. The standard InChI is InChI=1S/C15H29N3O/c1-13(18-11-7-8-14(18)12-16-2)15(19)17-9-5-3-4-6-10-17/h13-14,16H,3-12H2,1-2H3. The third-order valence-electron chi connectivity index (χ3n) is 4.64. The second kappa shape index (κ2) is 7.25. The predicted molar refractivity (Wildman–Crippen MR) is 78.2 cm³/mol. The van der Waals surface area contributed by atoms with Crippen LogP contribution in [0.2, 0.25) is 0 Å². The number of hydrogen-bond donors (Lipinski definition) is 1. The SMILES string of the molecule is CNCC1CCCN1C(C)C(=O)N1CCCCCC1. The average molecular weight is 267 g/mol. The van der Waals surface area contributed by atoms with Crippen molar-refractivity contribution in [3.8, 4) is 0 Å². The van der Waals surface area contributed by atoms with Crippen molar-refractivity contribution >= 4 is 5.91 Å². The molecule has 2 saturated heterocycles. The summed E-state index contributed by atoms with van der Waals surface area (Å²) in [6.45, 7) is 6.10. The molecule has 2 rings (SSSR count). The summed E-state index contributed by atoms with van der Waals surface area (Å²) in [5.41, 5.74) is 0. The first-order valence-electron chi connectivity index (χ1n) is 7.93. The second-order valence-electron chi connectivity index (χ2n) is 6.01. The van der Waals surface area contributed by atoms with Gasteiger partial charge >= 0.3 is 0 Å². The van der Waals surface area contributed by atoms with Crippen LogP contribution in [0.3, 0.4) is 0 Å². The van der Waals surface area contributed by atoms with Gasteiger partial charge in [-0.05, 0) is 46.2 Å². The summed E-state index contributed by atoms with van der Waals surface area (Å²) in [5.74, 6) is 0.352. The minimum Gasteiger partial charge on any atom is -0.341 e. The van der Waals surface area contributed by atoms with Crippen LogP contribution in [0, 0.1) is 0 Å². The Morgan fingerprint density at radius 2 is 1.84 bits per heavy atom. The van der Waals surface area contributed by atoms with E-state index in [1.165, 1.54) is 38.5 Å². The minimum absolute atomic E-state index is 0.0546. The molecule has 4 nitrogen and oxygen atoms in total. The topological polar surface area (TPSA) is 35.6 Å². The molecule has 0 radical (unpaired) electrons. The van der Waals surface area contributed by atoms with Crippen LogP contribution in [0.25, 0.3) is 0 Å². The van der Waals surface area contributed by atoms with E-state index >= 15 is 0 Å². The van der Waals surface area contributed by atoms with Gasteiger partial charge in [0.05, 0.1) is 6.04 Å². The largest absolute Gasteiger partial charge is 0.341 e. The molecule has 2 fully saturated rings. The first-order chi connectivity index (χ1) is 9.24. The third kappa shape index (κ3) is 3.69. The third-order valence-corrected chi connectivity index (χ3v) is 4.64. The van der Waals surface area contributed by atoms with Gasteiger partial charge in [0.2, 0.25) is 5.91 Å². The Morgan fingerprint density at radius 3 is 2.47 bits per heavy atom. The Morgan fingerprint density at radius 1 is 1.16 bits per heavy atom. The summed E-state index contributed by atoms with van der Waals surface area (Å²) >= 11 is 0. The molecule has 0 bridgehead atoms. The van der Waals surface area contributed by atoms with Gasteiger partial charge in [0.15, 0.2) is 0 Å². The van der Waals surface area contributed by atoms with Crippen molar-refractivity contribution in [1.29, 1.82) is 0 Å². The summed E-state index contributed by atoms with van der Waals surface area (Å²) in [4.78, 5) is 17.2. The lowest BCUT2D eigenvalue weighted by molar-refractivity contribution is -0.136. The zero-order chi connectivity index (χ0) is 13.7. The quantitative estimate of drug-likeness (QED) is 0.837. The maximum absolute atomic E-state index is 12.7. The van der Waals surface area contributed by atoms with E-state index in [1.807, 2.05) is 7.05 Å². The van der Waals surface area contributed by atoms with Gasteiger partial charge in [-0.1, -0.05) is 12.8 Å². The molecule has 0 aromatic heterocycles. The maximum atomic E-state index is 12.7. The van der Waals surface area contributed by atoms with Gasteiger partial charge in [0, 0.05) is 25.7 Å². The van der Waals surface area contributed by atoms with E-state index in [4.69, 9.17) is 0 Å². The van der Waals surface area contributed by atoms with Crippen molar-refractivity contribution < 1.29 is 4.79 Å². The first kappa shape index (κ1) is 14.8. The van der Waals surface area contributed by atoms with E-state index in [0.717, 1.165) is 26.2 Å². The molecular formula is C15H29N3O. The number of carbonyl (C=O) groups excluding carboxylic acids is 1. The fourth-order valence-electron chi connectivity index (χ4n) is 3.52. The number of likely N-dealkylation sites (N-methyl/N-ethyl adjacent to an activating group) is 1. The summed E-state index contributed by atoms with van der Waals surface area (Å²) in [7, 11) is 2.00. The van der Waals surface area contributed by atoms with Gasteiger partial charge in [-0.2, -0.15) is 0 Å². The molecule has 0 aliphatic carbocycles. The van der Waals surface area contributed by atoms with E-state index in [9.17, 15) is 4.79 Å². The molecule has 4 heteroatoms. The minimum atomic E-state index is 0.0546. The average Bonchev–Trinajstić information content (AvgIpc) is 2.71. The summed E-state index contributed by atoms with van der Waals surface area (Å²) in [6, 6.07) is 0.592. The van der Waals surface area contributed by atoms with Crippen LogP contribution in [0.5, 0.6) is 0 Å². The molecule has 0 aromatic carbocycles. The second-order valence-corrected chi connectivity index (χ2v) is 6.01. The van der Waals surface area contributed by atoms with Crippen molar-refractivity contribution in [3.05, 3.63) is 0 Å². The van der Waals surface area contributed by atoms with Crippen LogP contribution >= 0.6 is 0 Å². The van der Waals surface area contributed by atoms with Crippen molar-refractivity contribution in [1.82, 2.24) is 15.1 Å². The van der Waals surface area contributed by atoms with Gasteiger partial charge in [-0.15, -0.1) is 0 Å². The molecule has 0 aromatic rings. The highest BCUT2D eigenvalue weighted by molar-refractivity contribution is 5.81. The molecule has 2 heterocycles. The fraction of sp³-hybridized carbons (Fsp3) is 0.933. The number of amides is 1. The number of nitrogens with one attached hydrogen (secondary N) is 1. The number of carbonyl (C=O) groups is 1. The van der Waals surface area contributed by atoms with Crippen molar-refractivity contribution in [2.45, 2.75) is 57.5 Å². The molecule has 0 saturated carbocycles. The monoisotopic (exact) mass is 267 g/mol.